The molecule has 0 aromatic heterocycles. The Hall–Kier alpha value is -0.420. The summed E-state index contributed by atoms with van der Waals surface area (Å²) >= 11 is 0. The number of hydrogen-bond donors (Lipinski definition) is 1. The SMILES string of the molecule is C=C1[C@H](OC)C[C@H](OC)[C@]1(CO)COC. The second-order valence-corrected chi connectivity index (χ2v) is 3.96. The standard InChI is InChI=1S/C11H20O4/c1-8-9(14-3)5-10(15-4)11(8,6-12)7-13-2/h9-10,12H,1,5-7H2,2-4H3/t9-,10+,11-/m1/s1. The van der Waals surface area contributed by atoms with Gasteiger partial charge in [-0.1, -0.05) is 6.58 Å². The van der Waals surface area contributed by atoms with Crippen molar-refractivity contribution < 1.29 is 19.3 Å². The van der Waals surface area contributed by atoms with E-state index in [2.05, 4.69) is 6.58 Å². The third-order valence-electron chi connectivity index (χ3n) is 3.33. The van der Waals surface area contributed by atoms with Crippen molar-refractivity contribution in [3.8, 4) is 0 Å². The van der Waals surface area contributed by atoms with Crippen molar-refractivity contribution in [3.05, 3.63) is 12.2 Å². The fraction of sp³-hybridized carbons (Fsp3) is 0.818. The second-order valence-electron chi connectivity index (χ2n) is 3.96. The average Bonchev–Trinajstić information content (AvgIpc) is 2.53. The van der Waals surface area contributed by atoms with Crippen LogP contribution in [-0.4, -0.2) is 51.9 Å². The molecule has 0 aliphatic heterocycles. The zero-order valence-electron chi connectivity index (χ0n) is 9.66. The molecule has 0 spiro atoms. The maximum absolute atomic E-state index is 9.56. The summed E-state index contributed by atoms with van der Waals surface area (Å²) in [4.78, 5) is 0. The van der Waals surface area contributed by atoms with Crippen LogP contribution in [0.1, 0.15) is 6.42 Å². The second kappa shape index (κ2) is 5.07. The minimum absolute atomic E-state index is 0.0297. The van der Waals surface area contributed by atoms with E-state index in [4.69, 9.17) is 14.2 Å². The van der Waals surface area contributed by atoms with Crippen LogP contribution in [-0.2, 0) is 14.2 Å². The smallest absolute Gasteiger partial charge is 0.0811 e. The van der Waals surface area contributed by atoms with Gasteiger partial charge in [0.05, 0.1) is 30.8 Å². The summed E-state index contributed by atoms with van der Waals surface area (Å²) in [6, 6.07) is 0. The van der Waals surface area contributed by atoms with E-state index in [9.17, 15) is 5.11 Å². The summed E-state index contributed by atoms with van der Waals surface area (Å²) in [5.41, 5.74) is 0.339. The maximum Gasteiger partial charge on any atom is 0.0811 e. The van der Waals surface area contributed by atoms with Crippen LogP contribution in [0, 0.1) is 5.41 Å². The molecule has 1 rings (SSSR count). The first-order valence-electron chi connectivity index (χ1n) is 5.01. The number of rotatable bonds is 5. The molecule has 1 aliphatic carbocycles. The first kappa shape index (κ1) is 12.6. The first-order valence-corrected chi connectivity index (χ1v) is 5.01. The Kier molecular flexibility index (Phi) is 4.28. The monoisotopic (exact) mass is 216 g/mol. The van der Waals surface area contributed by atoms with Gasteiger partial charge in [0.2, 0.25) is 0 Å². The molecule has 88 valence electrons. The lowest BCUT2D eigenvalue weighted by atomic mass is 9.82. The molecule has 0 unspecified atom stereocenters. The highest BCUT2D eigenvalue weighted by molar-refractivity contribution is 5.25. The van der Waals surface area contributed by atoms with Crippen LogP contribution in [0.4, 0.5) is 0 Å². The van der Waals surface area contributed by atoms with Gasteiger partial charge in [0.15, 0.2) is 0 Å². The van der Waals surface area contributed by atoms with Crippen LogP contribution < -0.4 is 0 Å². The molecular weight excluding hydrogens is 196 g/mol. The van der Waals surface area contributed by atoms with Crippen LogP contribution >= 0.6 is 0 Å². The lowest BCUT2D eigenvalue weighted by Crippen LogP contribution is -2.40. The Bertz CT molecular complexity index is 229. The number of methoxy groups -OCH3 is 3. The van der Waals surface area contributed by atoms with E-state index < -0.39 is 5.41 Å². The number of hydrogen-bond acceptors (Lipinski definition) is 4. The molecule has 0 aromatic carbocycles. The van der Waals surface area contributed by atoms with E-state index in [0.29, 0.717) is 6.61 Å². The molecule has 0 radical (unpaired) electrons. The third kappa shape index (κ3) is 1.95. The molecule has 3 atom stereocenters. The van der Waals surface area contributed by atoms with Gasteiger partial charge in [-0.2, -0.15) is 0 Å². The van der Waals surface area contributed by atoms with Gasteiger partial charge in [0, 0.05) is 27.8 Å². The molecule has 1 fully saturated rings. The normalized spacial score (nSPS) is 36.1. The zero-order chi connectivity index (χ0) is 11.5. The Morgan fingerprint density at radius 1 is 1.40 bits per heavy atom. The molecule has 4 heteroatoms. The van der Waals surface area contributed by atoms with Gasteiger partial charge in [-0.05, 0) is 5.57 Å². The highest BCUT2D eigenvalue weighted by atomic mass is 16.5. The molecule has 0 saturated heterocycles. The Morgan fingerprint density at radius 2 is 2.07 bits per heavy atom. The molecular formula is C11H20O4. The fourth-order valence-electron chi connectivity index (χ4n) is 2.34. The van der Waals surface area contributed by atoms with E-state index in [0.717, 1.165) is 12.0 Å². The van der Waals surface area contributed by atoms with Crippen LogP contribution in [0.5, 0.6) is 0 Å². The van der Waals surface area contributed by atoms with Crippen molar-refractivity contribution in [2.24, 2.45) is 5.41 Å². The third-order valence-corrected chi connectivity index (χ3v) is 3.33. The van der Waals surface area contributed by atoms with E-state index in [1.54, 1.807) is 21.3 Å². The Balaban J connectivity index is 2.94. The summed E-state index contributed by atoms with van der Waals surface area (Å²) in [6.07, 6.45) is 0.563. The minimum Gasteiger partial charge on any atom is -0.395 e. The Morgan fingerprint density at radius 3 is 2.47 bits per heavy atom. The van der Waals surface area contributed by atoms with Crippen LogP contribution in [0.15, 0.2) is 12.2 Å². The predicted molar refractivity (Wildman–Crippen MR) is 56.7 cm³/mol. The van der Waals surface area contributed by atoms with Crippen molar-refractivity contribution in [2.75, 3.05) is 34.5 Å². The van der Waals surface area contributed by atoms with Crippen molar-refractivity contribution in [1.82, 2.24) is 0 Å². The van der Waals surface area contributed by atoms with Crippen molar-refractivity contribution in [3.63, 3.8) is 0 Å². The lowest BCUT2D eigenvalue weighted by molar-refractivity contribution is -0.0459. The number of ether oxygens (including phenoxy) is 3. The summed E-state index contributed by atoms with van der Waals surface area (Å²) < 4.78 is 15.9. The van der Waals surface area contributed by atoms with E-state index in [1.165, 1.54) is 0 Å². The highest BCUT2D eigenvalue weighted by Gasteiger charge is 2.51. The summed E-state index contributed by atoms with van der Waals surface area (Å²) in [5, 5.41) is 9.56. The minimum atomic E-state index is -0.524. The van der Waals surface area contributed by atoms with Crippen LogP contribution in [0.3, 0.4) is 0 Å². The van der Waals surface area contributed by atoms with Crippen LogP contribution in [0.25, 0.3) is 0 Å². The van der Waals surface area contributed by atoms with E-state index in [-0.39, 0.29) is 18.8 Å². The summed E-state index contributed by atoms with van der Waals surface area (Å²) in [5.74, 6) is 0. The molecule has 1 aliphatic rings. The van der Waals surface area contributed by atoms with Crippen molar-refractivity contribution in [1.29, 1.82) is 0 Å². The highest BCUT2D eigenvalue weighted by Crippen LogP contribution is 2.44. The van der Waals surface area contributed by atoms with Crippen molar-refractivity contribution >= 4 is 0 Å². The first-order chi connectivity index (χ1) is 7.16. The topological polar surface area (TPSA) is 47.9 Å². The summed E-state index contributed by atoms with van der Waals surface area (Å²) in [7, 11) is 4.89. The summed E-state index contributed by atoms with van der Waals surface area (Å²) in [6.45, 7) is 4.38. The van der Waals surface area contributed by atoms with E-state index >= 15 is 0 Å². The molecule has 0 amide bonds. The fourth-order valence-corrected chi connectivity index (χ4v) is 2.34. The van der Waals surface area contributed by atoms with Gasteiger partial charge in [0.25, 0.3) is 0 Å². The molecule has 0 bridgehead atoms. The zero-order valence-corrected chi connectivity index (χ0v) is 9.66. The van der Waals surface area contributed by atoms with Crippen molar-refractivity contribution in [2.45, 2.75) is 18.6 Å². The molecule has 1 N–H and O–H groups in total. The molecule has 0 aromatic rings. The van der Waals surface area contributed by atoms with Gasteiger partial charge in [-0.25, -0.2) is 0 Å². The molecule has 1 saturated carbocycles. The van der Waals surface area contributed by atoms with E-state index in [1.807, 2.05) is 0 Å². The van der Waals surface area contributed by atoms with Gasteiger partial charge >= 0.3 is 0 Å². The predicted octanol–water partition coefficient (Wildman–Crippen LogP) is 0.601. The van der Waals surface area contributed by atoms with Gasteiger partial charge in [0.1, 0.15) is 0 Å². The molecule has 4 nitrogen and oxygen atoms in total. The molecule has 0 heterocycles. The average molecular weight is 216 g/mol. The van der Waals surface area contributed by atoms with Gasteiger partial charge in [-0.15, -0.1) is 0 Å². The number of aliphatic hydroxyl groups excluding tert-OH is 1. The van der Waals surface area contributed by atoms with Gasteiger partial charge < -0.3 is 19.3 Å². The largest absolute Gasteiger partial charge is 0.395 e. The lowest BCUT2D eigenvalue weighted by Gasteiger charge is -2.33. The quantitative estimate of drug-likeness (QED) is 0.684. The number of aliphatic hydroxyl groups is 1. The Labute approximate surface area is 90.8 Å². The van der Waals surface area contributed by atoms with Crippen LogP contribution in [0.2, 0.25) is 0 Å². The maximum atomic E-state index is 9.56. The molecule has 15 heavy (non-hydrogen) atoms. The van der Waals surface area contributed by atoms with Gasteiger partial charge in [-0.3, -0.25) is 0 Å².